The van der Waals surface area contributed by atoms with Gasteiger partial charge in [-0.25, -0.2) is 8.78 Å². The lowest BCUT2D eigenvalue weighted by Crippen LogP contribution is -2.19. The molecule has 60 valence electrons. The summed E-state index contributed by atoms with van der Waals surface area (Å²) in [5.41, 5.74) is 5.46. The number of halogens is 3. The minimum absolute atomic E-state index is 0. The highest BCUT2D eigenvalue weighted by Gasteiger charge is 2.61. The third kappa shape index (κ3) is 1.01. The van der Waals surface area contributed by atoms with E-state index in [1.807, 2.05) is 0 Å². The Morgan fingerprint density at radius 1 is 1.20 bits per heavy atom. The van der Waals surface area contributed by atoms with Crippen molar-refractivity contribution in [2.45, 2.75) is 24.8 Å². The Morgan fingerprint density at radius 2 is 1.60 bits per heavy atom. The van der Waals surface area contributed by atoms with Crippen molar-refractivity contribution in [2.75, 3.05) is 0 Å². The van der Waals surface area contributed by atoms with Crippen LogP contribution in [0.5, 0.6) is 0 Å². The molecule has 0 aromatic carbocycles. The lowest BCUT2D eigenvalue weighted by atomic mass is 10.2. The van der Waals surface area contributed by atoms with Crippen LogP contribution in [0.25, 0.3) is 0 Å². The van der Waals surface area contributed by atoms with Crippen LogP contribution in [-0.2, 0) is 0 Å². The molecule has 0 radical (unpaired) electrons. The highest BCUT2D eigenvalue weighted by Crippen LogP contribution is 2.56. The van der Waals surface area contributed by atoms with E-state index in [4.69, 9.17) is 5.73 Å². The Labute approximate surface area is 64.4 Å². The van der Waals surface area contributed by atoms with Gasteiger partial charge in [0.25, 0.3) is 0 Å². The van der Waals surface area contributed by atoms with E-state index in [2.05, 4.69) is 0 Å². The second kappa shape index (κ2) is 2.05. The van der Waals surface area contributed by atoms with Gasteiger partial charge in [-0.15, -0.1) is 12.4 Å². The van der Waals surface area contributed by atoms with Crippen molar-refractivity contribution < 1.29 is 8.78 Å². The summed E-state index contributed by atoms with van der Waals surface area (Å²) in [5, 5.41) is 0. The van der Waals surface area contributed by atoms with Crippen molar-refractivity contribution >= 4 is 12.4 Å². The molecule has 0 spiro atoms. The van der Waals surface area contributed by atoms with Gasteiger partial charge in [0, 0.05) is 18.9 Å². The Kier molecular flexibility index (Phi) is 1.68. The molecule has 0 aromatic rings. The molecule has 0 aliphatic heterocycles. The van der Waals surface area contributed by atoms with E-state index in [9.17, 15) is 8.78 Å². The Morgan fingerprint density at radius 3 is 1.90 bits per heavy atom. The number of rotatable bonds is 0. The van der Waals surface area contributed by atoms with Gasteiger partial charge in [-0.2, -0.15) is 0 Å². The fourth-order valence-electron chi connectivity index (χ4n) is 1.82. The normalized spacial score (nSPS) is 47.7. The average Bonchev–Trinajstić information content (AvgIpc) is 2.26. The summed E-state index contributed by atoms with van der Waals surface area (Å²) in [7, 11) is 0. The first-order valence-corrected chi connectivity index (χ1v) is 3.23. The zero-order valence-corrected chi connectivity index (χ0v) is 6.20. The van der Waals surface area contributed by atoms with Gasteiger partial charge in [0.1, 0.15) is 0 Å². The largest absolute Gasteiger partial charge is 0.327 e. The molecule has 2 fully saturated rings. The van der Waals surface area contributed by atoms with Crippen LogP contribution in [-0.4, -0.2) is 12.0 Å². The number of nitrogens with two attached hydrogens (primary N) is 1. The zero-order valence-electron chi connectivity index (χ0n) is 5.39. The van der Waals surface area contributed by atoms with Gasteiger partial charge >= 0.3 is 0 Å². The van der Waals surface area contributed by atoms with Crippen LogP contribution in [0.3, 0.4) is 0 Å². The first kappa shape index (κ1) is 8.21. The summed E-state index contributed by atoms with van der Waals surface area (Å²) < 4.78 is 24.7. The van der Waals surface area contributed by atoms with E-state index in [0.29, 0.717) is 0 Å². The maximum atomic E-state index is 12.3. The molecule has 2 saturated carbocycles. The second-order valence-electron chi connectivity index (χ2n) is 3.17. The molecule has 0 amide bonds. The van der Waals surface area contributed by atoms with Crippen molar-refractivity contribution in [3.05, 3.63) is 0 Å². The zero-order chi connectivity index (χ0) is 6.65. The molecule has 2 aliphatic carbocycles. The molecule has 10 heavy (non-hydrogen) atoms. The van der Waals surface area contributed by atoms with Crippen molar-refractivity contribution in [3.63, 3.8) is 0 Å². The first-order chi connectivity index (χ1) is 4.10. The van der Waals surface area contributed by atoms with Crippen LogP contribution in [0.2, 0.25) is 0 Å². The van der Waals surface area contributed by atoms with Crippen molar-refractivity contribution in [1.29, 1.82) is 0 Å². The van der Waals surface area contributed by atoms with Crippen LogP contribution < -0.4 is 5.73 Å². The summed E-state index contributed by atoms with van der Waals surface area (Å²) in [6, 6.07) is 0.102. The third-order valence-electron chi connectivity index (χ3n) is 2.47. The monoisotopic (exact) mass is 169 g/mol. The summed E-state index contributed by atoms with van der Waals surface area (Å²) in [6.45, 7) is 0. The molecule has 0 unspecified atom stereocenters. The van der Waals surface area contributed by atoms with E-state index < -0.39 is 5.92 Å². The molecule has 0 aromatic heterocycles. The van der Waals surface area contributed by atoms with Gasteiger partial charge in [0.05, 0.1) is 0 Å². The summed E-state index contributed by atoms with van der Waals surface area (Å²) >= 11 is 0. The fourth-order valence-corrected chi connectivity index (χ4v) is 1.82. The van der Waals surface area contributed by atoms with Gasteiger partial charge < -0.3 is 5.73 Å². The Bertz CT molecular complexity index is 137. The number of hydrogen-bond acceptors (Lipinski definition) is 1. The van der Waals surface area contributed by atoms with Crippen molar-refractivity contribution in [1.82, 2.24) is 0 Å². The molecule has 4 heteroatoms. The van der Waals surface area contributed by atoms with Gasteiger partial charge in [0.15, 0.2) is 0 Å². The summed E-state index contributed by atoms with van der Waals surface area (Å²) in [5.74, 6) is -2.08. The van der Waals surface area contributed by atoms with E-state index in [1.54, 1.807) is 0 Å². The Balaban J connectivity index is 0.000000500. The van der Waals surface area contributed by atoms with Crippen LogP contribution in [0.15, 0.2) is 0 Å². The van der Waals surface area contributed by atoms with E-state index in [1.165, 1.54) is 0 Å². The number of fused-ring (bicyclic) bond motifs is 1. The maximum Gasteiger partial charge on any atom is 0.248 e. The van der Waals surface area contributed by atoms with Gasteiger partial charge in [0.2, 0.25) is 5.92 Å². The molecule has 1 nitrogen and oxygen atoms in total. The molecule has 2 N–H and O–H groups in total. The van der Waals surface area contributed by atoms with E-state index >= 15 is 0 Å². The summed E-state index contributed by atoms with van der Waals surface area (Å²) in [4.78, 5) is 0. The van der Waals surface area contributed by atoms with Crippen LogP contribution in [0.1, 0.15) is 12.8 Å². The maximum absolute atomic E-state index is 12.3. The van der Waals surface area contributed by atoms with Crippen LogP contribution in [0.4, 0.5) is 8.78 Å². The van der Waals surface area contributed by atoms with Gasteiger partial charge in [-0.3, -0.25) is 0 Å². The molecule has 3 atom stereocenters. The molecule has 2 aliphatic rings. The summed E-state index contributed by atoms with van der Waals surface area (Å²) in [6.07, 6.45) is 0.0810. The van der Waals surface area contributed by atoms with E-state index in [0.717, 1.165) is 0 Å². The van der Waals surface area contributed by atoms with Crippen molar-refractivity contribution in [2.24, 2.45) is 17.6 Å². The second-order valence-corrected chi connectivity index (χ2v) is 3.17. The highest BCUT2D eigenvalue weighted by atomic mass is 35.5. The quantitative estimate of drug-likeness (QED) is 0.583. The molecule has 0 heterocycles. The lowest BCUT2D eigenvalue weighted by molar-refractivity contribution is -0.00506. The predicted octanol–water partition coefficient (Wildman–Crippen LogP) is 1.41. The predicted molar refractivity (Wildman–Crippen MR) is 36.4 cm³/mol. The molecule has 2 rings (SSSR count). The third-order valence-corrected chi connectivity index (χ3v) is 2.47. The number of hydrogen-bond donors (Lipinski definition) is 1. The molecular formula is C6H10ClF2N. The van der Waals surface area contributed by atoms with E-state index in [-0.39, 0.29) is 43.1 Å². The topological polar surface area (TPSA) is 26.0 Å². The molecular weight excluding hydrogens is 160 g/mol. The van der Waals surface area contributed by atoms with Crippen LogP contribution in [0, 0.1) is 11.8 Å². The highest BCUT2D eigenvalue weighted by molar-refractivity contribution is 5.85. The number of alkyl halides is 2. The average molecular weight is 170 g/mol. The first-order valence-electron chi connectivity index (χ1n) is 3.23. The van der Waals surface area contributed by atoms with Crippen LogP contribution >= 0.6 is 12.4 Å². The molecule has 0 saturated heterocycles. The lowest BCUT2D eigenvalue weighted by Gasteiger charge is -2.10. The molecule has 0 bridgehead atoms. The fraction of sp³-hybridized carbons (Fsp3) is 1.00. The Hall–Kier alpha value is 0.110. The van der Waals surface area contributed by atoms with Crippen molar-refractivity contribution in [3.8, 4) is 0 Å². The standard InChI is InChI=1S/C6H9F2N.ClH/c7-6(8)1-3-4(2-6)5(3)9;/h3-5H,1-2,9H2;1H/t3-,4+,5-;. The SMILES string of the molecule is Cl.N[C@H]1[C@H]2CC(F)(F)C[C@@H]12. The smallest absolute Gasteiger partial charge is 0.248 e. The minimum Gasteiger partial charge on any atom is -0.327 e. The van der Waals surface area contributed by atoms with Gasteiger partial charge in [-0.1, -0.05) is 0 Å². The minimum atomic E-state index is -2.38. The van der Waals surface area contributed by atoms with Gasteiger partial charge in [-0.05, 0) is 11.8 Å².